The lowest BCUT2D eigenvalue weighted by Gasteiger charge is -2.24. The zero-order valence-corrected chi connectivity index (χ0v) is 12.7. The third-order valence-corrected chi connectivity index (χ3v) is 4.13. The van der Waals surface area contributed by atoms with Crippen LogP contribution in [-0.4, -0.2) is 22.3 Å². The molecule has 3 heterocycles. The summed E-state index contributed by atoms with van der Waals surface area (Å²) in [5.74, 6) is 0.466. The van der Waals surface area contributed by atoms with Gasteiger partial charge in [-0.1, -0.05) is 17.7 Å². The van der Waals surface area contributed by atoms with E-state index in [1.165, 1.54) is 12.5 Å². The molecule has 0 saturated heterocycles. The van der Waals surface area contributed by atoms with Crippen molar-refractivity contribution in [3.05, 3.63) is 63.3 Å². The number of amides is 1. The molecule has 6 nitrogen and oxygen atoms in total. The first kappa shape index (κ1) is 14.0. The van der Waals surface area contributed by atoms with E-state index >= 15 is 0 Å². The number of carbonyl (C=O) groups is 1. The maximum atomic E-state index is 12.6. The highest BCUT2D eigenvalue weighted by Crippen LogP contribution is 2.21. The van der Waals surface area contributed by atoms with Crippen molar-refractivity contribution in [3.8, 4) is 0 Å². The van der Waals surface area contributed by atoms with Crippen molar-refractivity contribution in [2.45, 2.75) is 13.0 Å². The number of aromatic nitrogens is 1. The Bertz CT molecular complexity index is 976. The van der Waals surface area contributed by atoms with Crippen LogP contribution in [0.4, 0.5) is 0 Å². The topological polar surface area (TPSA) is 76.6 Å². The second-order valence-electron chi connectivity index (χ2n) is 5.33. The summed E-state index contributed by atoms with van der Waals surface area (Å²) in [6.45, 7) is 0.830. The maximum Gasteiger partial charge on any atom is 0.344 e. The Morgan fingerprint density at radius 3 is 3.04 bits per heavy atom. The summed E-state index contributed by atoms with van der Waals surface area (Å²) in [7, 11) is 0. The van der Waals surface area contributed by atoms with E-state index in [0.29, 0.717) is 35.3 Å². The zero-order chi connectivity index (χ0) is 16.0. The minimum atomic E-state index is -0.576. The molecule has 1 aromatic carbocycles. The summed E-state index contributed by atoms with van der Waals surface area (Å²) in [6.07, 6.45) is 1.97. The van der Waals surface area contributed by atoms with E-state index in [4.69, 9.17) is 20.4 Å². The minimum Gasteiger partial charge on any atom is -0.448 e. The molecular formula is C16H11ClN2O4. The van der Waals surface area contributed by atoms with Gasteiger partial charge in [0.1, 0.15) is 11.5 Å². The van der Waals surface area contributed by atoms with Crippen molar-refractivity contribution in [3.63, 3.8) is 0 Å². The molecule has 0 saturated carbocycles. The van der Waals surface area contributed by atoms with Gasteiger partial charge in [0, 0.05) is 18.0 Å². The fourth-order valence-corrected chi connectivity index (χ4v) is 2.89. The number of nitrogens with zero attached hydrogens (tertiary/aromatic N) is 2. The van der Waals surface area contributed by atoms with E-state index in [1.807, 2.05) is 0 Å². The number of fused-ring (bicyclic) bond motifs is 2. The Morgan fingerprint density at radius 1 is 1.30 bits per heavy atom. The van der Waals surface area contributed by atoms with Crippen molar-refractivity contribution in [1.29, 1.82) is 0 Å². The normalized spacial score (nSPS) is 14.0. The van der Waals surface area contributed by atoms with Crippen LogP contribution in [0.15, 0.2) is 44.3 Å². The van der Waals surface area contributed by atoms with E-state index in [0.717, 1.165) is 11.5 Å². The number of rotatable bonds is 1. The Hall–Kier alpha value is -2.60. The molecule has 1 aliphatic heterocycles. The van der Waals surface area contributed by atoms with Crippen LogP contribution >= 0.6 is 11.6 Å². The van der Waals surface area contributed by atoms with Crippen molar-refractivity contribution in [2.24, 2.45) is 0 Å². The third kappa shape index (κ3) is 2.41. The standard InChI is InChI=1S/C16H11ClN2O4/c17-10-2-1-9-5-14(23-16(21)11(9)6-10)15(20)19-4-3-13-12(7-19)18-8-22-13/h1-2,5-6,8H,3-4,7H2. The average molecular weight is 331 g/mol. The molecule has 3 aromatic rings. The molecule has 0 bridgehead atoms. The van der Waals surface area contributed by atoms with Gasteiger partial charge in [-0.25, -0.2) is 9.78 Å². The van der Waals surface area contributed by atoms with Crippen LogP contribution in [0.1, 0.15) is 22.0 Å². The van der Waals surface area contributed by atoms with Gasteiger partial charge in [0.2, 0.25) is 0 Å². The van der Waals surface area contributed by atoms with E-state index in [9.17, 15) is 9.59 Å². The van der Waals surface area contributed by atoms with E-state index in [1.54, 1.807) is 23.1 Å². The van der Waals surface area contributed by atoms with Gasteiger partial charge in [-0.15, -0.1) is 0 Å². The Morgan fingerprint density at radius 2 is 2.17 bits per heavy atom. The van der Waals surface area contributed by atoms with Crippen LogP contribution in [0.25, 0.3) is 10.8 Å². The minimum absolute atomic E-state index is 0.0109. The van der Waals surface area contributed by atoms with Gasteiger partial charge >= 0.3 is 5.63 Å². The molecule has 1 amide bonds. The van der Waals surface area contributed by atoms with Crippen LogP contribution in [0.3, 0.4) is 0 Å². The van der Waals surface area contributed by atoms with E-state index in [2.05, 4.69) is 4.98 Å². The highest BCUT2D eigenvalue weighted by molar-refractivity contribution is 6.31. The number of hydrogen-bond donors (Lipinski definition) is 0. The fourth-order valence-electron chi connectivity index (χ4n) is 2.71. The molecule has 0 radical (unpaired) electrons. The zero-order valence-electron chi connectivity index (χ0n) is 11.9. The second kappa shape index (κ2) is 5.24. The molecule has 1 aliphatic rings. The lowest BCUT2D eigenvalue weighted by Crippen LogP contribution is -2.36. The molecule has 23 heavy (non-hydrogen) atoms. The summed E-state index contributed by atoms with van der Waals surface area (Å²) in [6, 6.07) is 6.45. The molecule has 116 valence electrons. The molecule has 0 fully saturated rings. The Balaban J connectivity index is 1.70. The molecular weight excluding hydrogens is 320 g/mol. The summed E-state index contributed by atoms with van der Waals surface area (Å²) < 4.78 is 10.4. The van der Waals surface area contributed by atoms with Crippen LogP contribution < -0.4 is 5.63 Å². The number of carbonyl (C=O) groups excluding carboxylic acids is 1. The van der Waals surface area contributed by atoms with Crippen molar-refractivity contribution < 1.29 is 13.6 Å². The summed E-state index contributed by atoms with van der Waals surface area (Å²) in [4.78, 5) is 30.4. The molecule has 0 aliphatic carbocycles. The SMILES string of the molecule is O=C(c1cc2ccc(Cl)cc2c(=O)o1)N1CCc2ocnc2C1. The predicted octanol–water partition coefficient (Wildman–Crippen LogP) is 2.63. The van der Waals surface area contributed by atoms with E-state index in [-0.39, 0.29) is 11.7 Å². The van der Waals surface area contributed by atoms with Crippen molar-refractivity contribution >= 4 is 28.3 Å². The van der Waals surface area contributed by atoms with E-state index < -0.39 is 5.63 Å². The fraction of sp³-hybridized carbons (Fsp3) is 0.188. The van der Waals surface area contributed by atoms with Crippen LogP contribution in [-0.2, 0) is 13.0 Å². The Labute approximate surface area is 135 Å². The quantitative estimate of drug-likeness (QED) is 0.685. The molecule has 4 rings (SSSR count). The average Bonchev–Trinajstić information content (AvgIpc) is 3.02. The molecule has 0 N–H and O–H groups in total. The van der Waals surface area contributed by atoms with Crippen molar-refractivity contribution in [2.75, 3.05) is 6.54 Å². The Kier molecular flexibility index (Phi) is 3.20. The first-order valence-electron chi connectivity index (χ1n) is 7.06. The third-order valence-electron chi connectivity index (χ3n) is 3.90. The van der Waals surface area contributed by atoms with Gasteiger partial charge < -0.3 is 13.7 Å². The molecule has 0 unspecified atom stereocenters. The van der Waals surface area contributed by atoms with Gasteiger partial charge in [0.15, 0.2) is 12.2 Å². The van der Waals surface area contributed by atoms with Gasteiger partial charge in [-0.05, 0) is 23.6 Å². The van der Waals surface area contributed by atoms with Gasteiger partial charge in [0.25, 0.3) is 5.91 Å². The first-order valence-corrected chi connectivity index (χ1v) is 7.43. The largest absolute Gasteiger partial charge is 0.448 e. The molecule has 0 atom stereocenters. The highest BCUT2D eigenvalue weighted by atomic mass is 35.5. The molecule has 7 heteroatoms. The predicted molar refractivity (Wildman–Crippen MR) is 82.4 cm³/mol. The molecule has 0 spiro atoms. The monoisotopic (exact) mass is 330 g/mol. The second-order valence-corrected chi connectivity index (χ2v) is 5.77. The number of hydrogen-bond acceptors (Lipinski definition) is 5. The first-order chi connectivity index (χ1) is 11.1. The van der Waals surface area contributed by atoms with Crippen molar-refractivity contribution in [1.82, 2.24) is 9.88 Å². The maximum absolute atomic E-state index is 12.6. The summed E-state index contributed by atoms with van der Waals surface area (Å²) in [5, 5.41) is 1.41. The van der Waals surface area contributed by atoms with Crippen LogP contribution in [0.5, 0.6) is 0 Å². The number of halogens is 1. The smallest absolute Gasteiger partial charge is 0.344 e. The van der Waals surface area contributed by atoms with Gasteiger partial charge in [0.05, 0.1) is 11.9 Å². The highest BCUT2D eigenvalue weighted by Gasteiger charge is 2.26. The molecule has 2 aromatic heterocycles. The lowest BCUT2D eigenvalue weighted by molar-refractivity contribution is 0.0691. The van der Waals surface area contributed by atoms with Gasteiger partial charge in [-0.2, -0.15) is 0 Å². The van der Waals surface area contributed by atoms with Gasteiger partial charge in [-0.3, -0.25) is 4.79 Å². The van der Waals surface area contributed by atoms with Crippen LogP contribution in [0, 0.1) is 0 Å². The van der Waals surface area contributed by atoms with Crippen LogP contribution in [0.2, 0.25) is 5.02 Å². The summed E-state index contributed by atoms with van der Waals surface area (Å²) >= 11 is 5.88. The number of benzene rings is 1. The lowest BCUT2D eigenvalue weighted by atomic mass is 10.1. The summed E-state index contributed by atoms with van der Waals surface area (Å²) in [5.41, 5.74) is 0.159. The number of oxazole rings is 1.